The summed E-state index contributed by atoms with van der Waals surface area (Å²) < 4.78 is 0. The van der Waals surface area contributed by atoms with Crippen molar-refractivity contribution in [2.75, 3.05) is 13.1 Å². The molecule has 0 heterocycles. The summed E-state index contributed by atoms with van der Waals surface area (Å²) in [6, 6.07) is 17.8. The van der Waals surface area contributed by atoms with Crippen LogP contribution in [0.25, 0.3) is 0 Å². The minimum atomic E-state index is -1.17. The van der Waals surface area contributed by atoms with E-state index >= 15 is 0 Å². The Labute approximate surface area is 135 Å². The maximum atomic E-state index is 11.8. The molecular weight excluding hydrogens is 292 g/mol. The Hall–Kier alpha value is -2.66. The lowest BCUT2D eigenvalue weighted by atomic mass is 9.96. The highest BCUT2D eigenvalue weighted by atomic mass is 16.3. The summed E-state index contributed by atoms with van der Waals surface area (Å²) in [7, 11) is 0. The molecule has 0 bridgehead atoms. The van der Waals surface area contributed by atoms with E-state index in [4.69, 9.17) is 0 Å². The van der Waals surface area contributed by atoms with Crippen molar-refractivity contribution in [1.82, 2.24) is 10.6 Å². The first-order chi connectivity index (χ1) is 11.0. The number of aliphatic hydroxyl groups is 1. The van der Waals surface area contributed by atoms with Crippen LogP contribution in [0, 0.1) is 0 Å². The van der Waals surface area contributed by atoms with Gasteiger partial charge in [0.05, 0.1) is 13.1 Å². The monoisotopic (exact) mass is 312 g/mol. The van der Waals surface area contributed by atoms with Crippen LogP contribution in [-0.2, 0) is 10.4 Å². The van der Waals surface area contributed by atoms with Crippen LogP contribution in [0.5, 0.6) is 0 Å². The smallest absolute Gasteiger partial charge is 0.251 e. The van der Waals surface area contributed by atoms with Crippen molar-refractivity contribution in [1.29, 1.82) is 0 Å². The Balaban J connectivity index is 1.80. The molecule has 2 aromatic carbocycles. The molecule has 5 heteroatoms. The van der Waals surface area contributed by atoms with Gasteiger partial charge in [-0.3, -0.25) is 9.59 Å². The molecule has 0 saturated heterocycles. The quantitative estimate of drug-likeness (QED) is 0.755. The van der Waals surface area contributed by atoms with Gasteiger partial charge in [0.2, 0.25) is 5.91 Å². The van der Waals surface area contributed by atoms with Crippen LogP contribution < -0.4 is 10.6 Å². The average Bonchev–Trinajstić information content (AvgIpc) is 2.59. The summed E-state index contributed by atoms with van der Waals surface area (Å²) in [6.07, 6.45) is 0. The van der Waals surface area contributed by atoms with E-state index in [0.717, 1.165) is 0 Å². The highest BCUT2D eigenvalue weighted by molar-refractivity contribution is 5.96. The number of rotatable bonds is 6. The first kappa shape index (κ1) is 16.7. The maximum absolute atomic E-state index is 11.8. The van der Waals surface area contributed by atoms with E-state index in [1.807, 2.05) is 24.3 Å². The number of hydrogen-bond donors (Lipinski definition) is 3. The minimum Gasteiger partial charge on any atom is -0.384 e. The van der Waals surface area contributed by atoms with Crippen LogP contribution in [0.1, 0.15) is 22.8 Å². The van der Waals surface area contributed by atoms with Gasteiger partial charge in [0.1, 0.15) is 5.60 Å². The van der Waals surface area contributed by atoms with E-state index in [0.29, 0.717) is 11.1 Å². The van der Waals surface area contributed by atoms with Crippen molar-refractivity contribution in [3.8, 4) is 0 Å². The van der Waals surface area contributed by atoms with Gasteiger partial charge in [-0.2, -0.15) is 0 Å². The molecule has 2 rings (SSSR count). The highest BCUT2D eigenvalue weighted by Gasteiger charge is 2.23. The van der Waals surface area contributed by atoms with Gasteiger partial charge in [-0.15, -0.1) is 0 Å². The number of carbonyl (C=O) groups excluding carboxylic acids is 2. The van der Waals surface area contributed by atoms with Crippen LogP contribution in [0.3, 0.4) is 0 Å². The van der Waals surface area contributed by atoms with Gasteiger partial charge in [0, 0.05) is 5.56 Å². The molecule has 0 radical (unpaired) electrons. The van der Waals surface area contributed by atoms with Crippen molar-refractivity contribution in [3.63, 3.8) is 0 Å². The summed E-state index contributed by atoms with van der Waals surface area (Å²) in [6.45, 7) is 1.56. The third-order valence-electron chi connectivity index (χ3n) is 3.47. The largest absolute Gasteiger partial charge is 0.384 e. The van der Waals surface area contributed by atoms with Crippen molar-refractivity contribution < 1.29 is 14.7 Å². The Morgan fingerprint density at radius 2 is 1.52 bits per heavy atom. The van der Waals surface area contributed by atoms with Crippen molar-refractivity contribution >= 4 is 11.8 Å². The lowest BCUT2D eigenvalue weighted by Gasteiger charge is -2.24. The molecule has 2 aromatic rings. The van der Waals surface area contributed by atoms with Crippen LogP contribution in [0.4, 0.5) is 0 Å². The van der Waals surface area contributed by atoms with E-state index in [-0.39, 0.29) is 24.9 Å². The fourth-order valence-electron chi connectivity index (χ4n) is 2.08. The zero-order valence-electron chi connectivity index (χ0n) is 13.0. The van der Waals surface area contributed by atoms with Crippen molar-refractivity contribution in [2.24, 2.45) is 0 Å². The van der Waals surface area contributed by atoms with Crippen LogP contribution in [-0.4, -0.2) is 30.0 Å². The molecule has 120 valence electrons. The fraction of sp³-hybridized carbons (Fsp3) is 0.222. The van der Waals surface area contributed by atoms with Crippen LogP contribution in [0.2, 0.25) is 0 Å². The zero-order valence-corrected chi connectivity index (χ0v) is 13.0. The number of amides is 2. The second kappa shape index (κ2) is 7.56. The van der Waals surface area contributed by atoms with Gasteiger partial charge in [0.25, 0.3) is 5.91 Å². The molecular formula is C18H20N2O3. The third-order valence-corrected chi connectivity index (χ3v) is 3.47. The first-order valence-electron chi connectivity index (χ1n) is 7.37. The van der Waals surface area contributed by atoms with E-state index in [1.54, 1.807) is 43.3 Å². The van der Waals surface area contributed by atoms with E-state index in [2.05, 4.69) is 10.6 Å². The van der Waals surface area contributed by atoms with Gasteiger partial charge < -0.3 is 15.7 Å². The summed E-state index contributed by atoms with van der Waals surface area (Å²) in [5.74, 6) is -0.666. The normalized spacial score (nSPS) is 13.0. The lowest BCUT2D eigenvalue weighted by Crippen LogP contribution is -2.43. The summed E-state index contributed by atoms with van der Waals surface area (Å²) >= 11 is 0. The summed E-state index contributed by atoms with van der Waals surface area (Å²) in [4.78, 5) is 23.7. The first-order valence-corrected chi connectivity index (χ1v) is 7.37. The Bertz CT molecular complexity index is 654. The second-order valence-electron chi connectivity index (χ2n) is 5.47. The fourth-order valence-corrected chi connectivity index (χ4v) is 2.08. The molecule has 1 unspecified atom stereocenters. The topological polar surface area (TPSA) is 78.4 Å². The predicted molar refractivity (Wildman–Crippen MR) is 87.8 cm³/mol. The molecule has 0 spiro atoms. The molecule has 0 aromatic heterocycles. The highest BCUT2D eigenvalue weighted by Crippen LogP contribution is 2.18. The molecule has 0 saturated carbocycles. The number of nitrogens with one attached hydrogen (secondary N) is 2. The Kier molecular flexibility index (Phi) is 5.49. The van der Waals surface area contributed by atoms with E-state index in [9.17, 15) is 14.7 Å². The molecule has 2 amide bonds. The molecule has 23 heavy (non-hydrogen) atoms. The average molecular weight is 312 g/mol. The molecule has 5 nitrogen and oxygen atoms in total. The number of benzene rings is 2. The maximum Gasteiger partial charge on any atom is 0.251 e. The van der Waals surface area contributed by atoms with Gasteiger partial charge in [-0.25, -0.2) is 0 Å². The molecule has 3 N–H and O–H groups in total. The zero-order chi connectivity index (χ0) is 16.7. The van der Waals surface area contributed by atoms with Crippen LogP contribution >= 0.6 is 0 Å². The molecule has 0 aliphatic heterocycles. The number of carbonyl (C=O) groups is 2. The molecule has 1 atom stereocenters. The van der Waals surface area contributed by atoms with Crippen molar-refractivity contribution in [3.05, 3.63) is 71.8 Å². The molecule has 0 fully saturated rings. The van der Waals surface area contributed by atoms with Gasteiger partial charge in [0.15, 0.2) is 0 Å². The predicted octanol–water partition coefficient (Wildman–Crippen LogP) is 1.44. The Morgan fingerprint density at radius 1 is 0.957 bits per heavy atom. The van der Waals surface area contributed by atoms with Crippen LogP contribution in [0.15, 0.2) is 60.7 Å². The summed E-state index contributed by atoms with van der Waals surface area (Å²) in [5, 5.41) is 15.6. The van der Waals surface area contributed by atoms with E-state index < -0.39 is 5.60 Å². The standard InChI is InChI=1S/C18H20N2O3/c1-18(23,15-10-6-3-7-11-15)13-20-16(21)12-19-17(22)14-8-4-2-5-9-14/h2-11,23H,12-13H2,1H3,(H,19,22)(H,20,21). The molecule has 0 aliphatic rings. The lowest BCUT2D eigenvalue weighted by molar-refractivity contribution is -0.121. The molecule has 0 aliphatic carbocycles. The summed E-state index contributed by atoms with van der Waals surface area (Å²) in [5.41, 5.74) is 0.0468. The van der Waals surface area contributed by atoms with Gasteiger partial charge in [-0.05, 0) is 24.6 Å². The minimum absolute atomic E-state index is 0.0665. The van der Waals surface area contributed by atoms with E-state index in [1.165, 1.54) is 0 Å². The third kappa shape index (κ3) is 4.93. The van der Waals surface area contributed by atoms with Crippen molar-refractivity contribution in [2.45, 2.75) is 12.5 Å². The SMILES string of the molecule is CC(O)(CNC(=O)CNC(=O)c1ccccc1)c1ccccc1. The second-order valence-corrected chi connectivity index (χ2v) is 5.47. The number of hydrogen-bond acceptors (Lipinski definition) is 3. The van der Waals surface area contributed by atoms with Gasteiger partial charge >= 0.3 is 0 Å². The van der Waals surface area contributed by atoms with Gasteiger partial charge in [-0.1, -0.05) is 48.5 Å². The Morgan fingerprint density at radius 3 is 2.13 bits per heavy atom.